The summed E-state index contributed by atoms with van der Waals surface area (Å²) in [5, 5.41) is 2.40. The summed E-state index contributed by atoms with van der Waals surface area (Å²) in [5.74, 6) is -5.55. The Bertz CT molecular complexity index is 898. The van der Waals surface area contributed by atoms with E-state index in [1.54, 1.807) is 0 Å². The second-order valence-corrected chi connectivity index (χ2v) is 5.85. The molecule has 0 saturated carbocycles. The Morgan fingerprint density at radius 3 is 2.08 bits per heavy atom. The van der Waals surface area contributed by atoms with Gasteiger partial charge in [-0.1, -0.05) is 30.3 Å². The maximum Gasteiger partial charge on any atom is 0.258 e. The quantitative estimate of drug-likeness (QED) is 0.627. The molecule has 0 saturated heterocycles. The molecule has 0 aromatic heterocycles. The number of hydrogen-bond donors (Lipinski definition) is 1. The summed E-state index contributed by atoms with van der Waals surface area (Å²) in [6.07, 6.45) is 1.16. The fourth-order valence-electron chi connectivity index (χ4n) is 2.05. The van der Waals surface area contributed by atoms with Crippen molar-refractivity contribution in [2.45, 2.75) is 6.92 Å². The van der Waals surface area contributed by atoms with E-state index in [1.807, 2.05) is 5.32 Å². The van der Waals surface area contributed by atoms with Gasteiger partial charge in [-0.05, 0) is 30.7 Å². The summed E-state index contributed by atoms with van der Waals surface area (Å²) in [6, 6.07) is 6.94. The average molecular weight is 380 g/mol. The predicted molar refractivity (Wildman–Crippen MR) is 93.6 cm³/mol. The van der Waals surface area contributed by atoms with Gasteiger partial charge in [0.25, 0.3) is 11.8 Å². The number of rotatable bonds is 4. The molecular formula is C19H13ClF3NO2. The zero-order chi connectivity index (χ0) is 19.4. The number of benzene rings is 2. The van der Waals surface area contributed by atoms with Crippen molar-refractivity contribution >= 4 is 35.1 Å². The molecule has 0 spiro atoms. The molecule has 0 aliphatic rings. The van der Waals surface area contributed by atoms with E-state index in [2.05, 4.69) is 6.58 Å². The summed E-state index contributed by atoms with van der Waals surface area (Å²) < 4.78 is 41.5. The highest BCUT2D eigenvalue weighted by Crippen LogP contribution is 2.26. The van der Waals surface area contributed by atoms with Gasteiger partial charge in [0.2, 0.25) is 0 Å². The van der Waals surface area contributed by atoms with Crippen molar-refractivity contribution in [3.8, 4) is 0 Å². The third-order valence-corrected chi connectivity index (χ3v) is 3.57. The van der Waals surface area contributed by atoms with Crippen LogP contribution < -0.4 is 5.32 Å². The summed E-state index contributed by atoms with van der Waals surface area (Å²) in [5.41, 5.74) is -0.819. The molecular weight excluding hydrogens is 367 g/mol. The average Bonchev–Trinajstić information content (AvgIpc) is 2.54. The molecule has 0 aliphatic heterocycles. The van der Waals surface area contributed by atoms with Crippen LogP contribution in [0.25, 0.3) is 11.6 Å². The van der Waals surface area contributed by atoms with Crippen LogP contribution >= 0.6 is 11.6 Å². The van der Waals surface area contributed by atoms with E-state index in [-0.39, 0.29) is 5.57 Å². The smallest absolute Gasteiger partial charge is 0.258 e. The third kappa shape index (κ3) is 4.61. The standard InChI is InChI=1S/C19H13ClF3NO2/c1-10(2)18(25)24-19(26)14(7-11-3-5-12(20)6-4-11)17-15(22)8-13(21)9-16(17)23/h3-9H,1H2,2H3,(H,24,25,26)/b14-7+. The van der Waals surface area contributed by atoms with Gasteiger partial charge < -0.3 is 0 Å². The first-order valence-corrected chi connectivity index (χ1v) is 7.70. The molecule has 26 heavy (non-hydrogen) atoms. The predicted octanol–water partition coefficient (Wildman–Crippen LogP) is 4.52. The highest BCUT2D eigenvalue weighted by molar-refractivity contribution is 6.31. The molecule has 0 atom stereocenters. The number of amides is 2. The molecule has 2 amide bonds. The van der Waals surface area contributed by atoms with Crippen LogP contribution in [0.15, 0.2) is 48.6 Å². The zero-order valence-electron chi connectivity index (χ0n) is 13.6. The van der Waals surface area contributed by atoms with Gasteiger partial charge >= 0.3 is 0 Å². The third-order valence-electron chi connectivity index (χ3n) is 3.32. The topological polar surface area (TPSA) is 46.2 Å². The molecule has 3 nitrogen and oxygen atoms in total. The lowest BCUT2D eigenvalue weighted by molar-refractivity contribution is -0.125. The van der Waals surface area contributed by atoms with Crippen LogP contribution in [0.1, 0.15) is 18.1 Å². The Kier molecular flexibility index (Phi) is 6.00. The number of nitrogens with one attached hydrogen (secondary N) is 1. The first-order valence-electron chi connectivity index (χ1n) is 7.32. The van der Waals surface area contributed by atoms with Crippen molar-refractivity contribution in [2.24, 2.45) is 0 Å². The molecule has 7 heteroatoms. The Morgan fingerprint density at radius 1 is 1.04 bits per heavy atom. The molecule has 2 aromatic rings. The Balaban J connectivity index is 2.59. The number of carbonyl (C=O) groups excluding carboxylic acids is 2. The Labute approximate surface area is 152 Å². The van der Waals surface area contributed by atoms with Crippen LogP contribution in [0.4, 0.5) is 13.2 Å². The van der Waals surface area contributed by atoms with E-state index < -0.39 is 40.4 Å². The molecule has 2 rings (SSSR count). The summed E-state index contributed by atoms with van der Waals surface area (Å²) >= 11 is 5.78. The first kappa shape index (κ1) is 19.5. The van der Waals surface area contributed by atoms with E-state index in [0.29, 0.717) is 22.7 Å². The SMILES string of the molecule is C=C(C)C(=O)NC(=O)/C(=C/c1ccc(Cl)cc1)c1c(F)cc(F)cc1F. The van der Waals surface area contributed by atoms with Gasteiger partial charge in [-0.25, -0.2) is 13.2 Å². The normalized spacial score (nSPS) is 11.2. The molecule has 0 bridgehead atoms. The second-order valence-electron chi connectivity index (χ2n) is 5.42. The molecule has 1 N–H and O–H groups in total. The van der Waals surface area contributed by atoms with Crippen LogP contribution in [0, 0.1) is 17.5 Å². The van der Waals surface area contributed by atoms with Gasteiger partial charge in [0.15, 0.2) is 0 Å². The lowest BCUT2D eigenvalue weighted by Gasteiger charge is -2.11. The van der Waals surface area contributed by atoms with Crippen molar-refractivity contribution in [1.29, 1.82) is 0 Å². The fraction of sp³-hybridized carbons (Fsp3) is 0.0526. The Morgan fingerprint density at radius 2 is 1.58 bits per heavy atom. The summed E-state index contributed by atoms with van der Waals surface area (Å²) in [7, 11) is 0. The number of imide groups is 1. The van der Waals surface area contributed by atoms with Crippen molar-refractivity contribution in [2.75, 3.05) is 0 Å². The maximum atomic E-state index is 14.2. The zero-order valence-corrected chi connectivity index (χ0v) is 14.3. The molecule has 0 unspecified atom stereocenters. The summed E-state index contributed by atoms with van der Waals surface area (Å²) in [4.78, 5) is 24.1. The highest BCUT2D eigenvalue weighted by Gasteiger charge is 2.23. The minimum atomic E-state index is -1.28. The van der Waals surface area contributed by atoms with E-state index in [4.69, 9.17) is 11.6 Å². The van der Waals surface area contributed by atoms with Gasteiger partial charge in [0, 0.05) is 22.7 Å². The van der Waals surface area contributed by atoms with Crippen LogP contribution in [0.2, 0.25) is 5.02 Å². The monoisotopic (exact) mass is 379 g/mol. The van der Waals surface area contributed by atoms with Crippen LogP contribution in [-0.2, 0) is 9.59 Å². The van der Waals surface area contributed by atoms with Gasteiger partial charge in [-0.15, -0.1) is 0 Å². The Hall–Kier alpha value is -2.86. The lowest BCUT2D eigenvalue weighted by atomic mass is 10.0. The van der Waals surface area contributed by atoms with Crippen molar-refractivity contribution < 1.29 is 22.8 Å². The van der Waals surface area contributed by atoms with Crippen molar-refractivity contribution in [3.63, 3.8) is 0 Å². The van der Waals surface area contributed by atoms with E-state index >= 15 is 0 Å². The largest absolute Gasteiger partial charge is 0.288 e. The molecule has 0 radical (unpaired) electrons. The second kappa shape index (κ2) is 8.01. The molecule has 0 fully saturated rings. The first-order chi connectivity index (χ1) is 12.2. The van der Waals surface area contributed by atoms with Crippen LogP contribution in [-0.4, -0.2) is 11.8 Å². The molecule has 134 valence electrons. The van der Waals surface area contributed by atoms with Gasteiger partial charge in [0.05, 0.1) is 11.1 Å². The minimum absolute atomic E-state index is 0.0317. The van der Waals surface area contributed by atoms with E-state index in [9.17, 15) is 22.8 Å². The van der Waals surface area contributed by atoms with E-state index in [1.165, 1.54) is 31.2 Å². The minimum Gasteiger partial charge on any atom is -0.288 e. The molecule has 2 aromatic carbocycles. The summed E-state index contributed by atoms with van der Waals surface area (Å²) in [6.45, 7) is 4.75. The number of halogens is 4. The van der Waals surface area contributed by atoms with Crippen LogP contribution in [0.3, 0.4) is 0 Å². The number of carbonyl (C=O) groups is 2. The number of hydrogen-bond acceptors (Lipinski definition) is 2. The fourth-order valence-corrected chi connectivity index (χ4v) is 2.18. The van der Waals surface area contributed by atoms with Crippen LogP contribution in [0.5, 0.6) is 0 Å². The van der Waals surface area contributed by atoms with Gasteiger partial charge in [-0.2, -0.15) is 0 Å². The van der Waals surface area contributed by atoms with Gasteiger partial charge in [0.1, 0.15) is 17.5 Å². The molecule has 0 aliphatic carbocycles. The van der Waals surface area contributed by atoms with E-state index in [0.717, 1.165) is 6.08 Å². The highest BCUT2D eigenvalue weighted by atomic mass is 35.5. The van der Waals surface area contributed by atoms with Gasteiger partial charge in [-0.3, -0.25) is 14.9 Å². The van der Waals surface area contributed by atoms with Crippen molar-refractivity contribution in [3.05, 3.63) is 82.2 Å². The lowest BCUT2D eigenvalue weighted by Crippen LogP contribution is -2.31. The molecule has 0 heterocycles. The van der Waals surface area contributed by atoms with Crippen molar-refractivity contribution in [1.82, 2.24) is 5.32 Å². The maximum absolute atomic E-state index is 14.2.